The molecule has 6 heteroatoms. The van der Waals surface area contributed by atoms with Crippen LogP contribution in [0.15, 0.2) is 42.6 Å². The quantitative estimate of drug-likeness (QED) is 0.881. The van der Waals surface area contributed by atoms with E-state index in [1.54, 1.807) is 6.20 Å². The first-order valence-electron chi connectivity index (χ1n) is 9.79. The van der Waals surface area contributed by atoms with Gasteiger partial charge in [-0.1, -0.05) is 30.3 Å². The molecule has 0 bridgehead atoms. The summed E-state index contributed by atoms with van der Waals surface area (Å²) in [5, 5.41) is 0. The Hall–Kier alpha value is -2.63. The van der Waals surface area contributed by atoms with E-state index in [0.29, 0.717) is 18.3 Å². The molecule has 1 aromatic carbocycles. The number of carbonyl (C=O) groups is 1. The lowest BCUT2D eigenvalue weighted by Gasteiger charge is -2.39. The number of nitrogen functional groups attached to an aromatic ring is 1. The molecule has 0 radical (unpaired) electrons. The molecule has 6 nitrogen and oxygen atoms in total. The standard InChI is InChI=1S/C21H27N5O/c22-20-23-11-8-18(24-20)25-13-9-21(10-14-25)15-19(27)26(16-21)12-4-7-17-5-2-1-3-6-17/h1-3,5-6,8,11H,4,7,9-10,12-16H2,(H2,22,23,24). The zero-order valence-electron chi connectivity index (χ0n) is 15.7. The molecule has 0 atom stereocenters. The van der Waals surface area contributed by atoms with E-state index in [1.165, 1.54) is 5.56 Å². The first-order valence-corrected chi connectivity index (χ1v) is 9.79. The van der Waals surface area contributed by atoms with Crippen LogP contribution in [0, 0.1) is 5.41 Å². The Kier molecular flexibility index (Phi) is 4.97. The van der Waals surface area contributed by atoms with Gasteiger partial charge in [0.15, 0.2) is 0 Å². The van der Waals surface area contributed by atoms with E-state index in [9.17, 15) is 4.79 Å². The summed E-state index contributed by atoms with van der Waals surface area (Å²) in [6.07, 6.45) is 6.50. The molecule has 0 saturated carbocycles. The molecular formula is C21H27N5O. The largest absolute Gasteiger partial charge is 0.368 e. The van der Waals surface area contributed by atoms with Crippen molar-refractivity contribution in [1.29, 1.82) is 0 Å². The summed E-state index contributed by atoms with van der Waals surface area (Å²) in [6.45, 7) is 3.60. The van der Waals surface area contributed by atoms with Crippen molar-refractivity contribution in [1.82, 2.24) is 14.9 Å². The Balaban J connectivity index is 1.30. The van der Waals surface area contributed by atoms with E-state index in [0.717, 1.165) is 57.7 Å². The van der Waals surface area contributed by atoms with Gasteiger partial charge in [-0.05, 0) is 37.3 Å². The van der Waals surface area contributed by atoms with Gasteiger partial charge in [0, 0.05) is 44.2 Å². The maximum atomic E-state index is 12.6. The molecule has 2 aliphatic heterocycles. The van der Waals surface area contributed by atoms with Gasteiger partial charge in [0.2, 0.25) is 11.9 Å². The van der Waals surface area contributed by atoms with Crippen molar-refractivity contribution in [3.8, 4) is 0 Å². The number of piperidine rings is 1. The van der Waals surface area contributed by atoms with E-state index in [1.807, 2.05) is 12.1 Å². The Labute approximate surface area is 160 Å². The van der Waals surface area contributed by atoms with Crippen molar-refractivity contribution < 1.29 is 4.79 Å². The minimum Gasteiger partial charge on any atom is -0.368 e. The highest BCUT2D eigenvalue weighted by Crippen LogP contribution is 2.41. The number of anilines is 2. The van der Waals surface area contributed by atoms with Gasteiger partial charge in [-0.3, -0.25) is 4.79 Å². The average molecular weight is 365 g/mol. The topological polar surface area (TPSA) is 75.3 Å². The molecule has 1 aromatic heterocycles. The van der Waals surface area contributed by atoms with Crippen LogP contribution in [0.2, 0.25) is 0 Å². The van der Waals surface area contributed by atoms with Crippen LogP contribution in [0.5, 0.6) is 0 Å². The predicted molar refractivity (Wildman–Crippen MR) is 106 cm³/mol. The first kappa shape index (κ1) is 17.8. The highest BCUT2D eigenvalue weighted by Gasteiger charge is 2.44. The van der Waals surface area contributed by atoms with Crippen molar-refractivity contribution in [2.45, 2.75) is 32.1 Å². The van der Waals surface area contributed by atoms with Crippen LogP contribution in [0.1, 0.15) is 31.2 Å². The normalized spacial score (nSPS) is 19.0. The molecule has 142 valence electrons. The summed E-state index contributed by atoms with van der Waals surface area (Å²) in [6, 6.07) is 12.4. The number of nitrogens with two attached hydrogens (primary N) is 1. The average Bonchev–Trinajstić information content (AvgIpc) is 2.98. The number of amides is 1. The minimum atomic E-state index is 0.138. The maximum Gasteiger partial charge on any atom is 0.223 e. The van der Waals surface area contributed by atoms with Crippen LogP contribution in [0.3, 0.4) is 0 Å². The number of carbonyl (C=O) groups excluding carboxylic acids is 1. The number of likely N-dealkylation sites (tertiary alicyclic amines) is 1. The minimum absolute atomic E-state index is 0.138. The lowest BCUT2D eigenvalue weighted by molar-refractivity contribution is -0.127. The maximum absolute atomic E-state index is 12.6. The molecule has 1 spiro atoms. The molecule has 2 aromatic rings. The number of benzene rings is 1. The van der Waals surface area contributed by atoms with Crippen LogP contribution in [-0.4, -0.2) is 47.0 Å². The fourth-order valence-electron chi connectivity index (χ4n) is 4.39. The Bertz CT molecular complexity index is 786. The summed E-state index contributed by atoms with van der Waals surface area (Å²) in [7, 11) is 0. The van der Waals surface area contributed by atoms with E-state index in [4.69, 9.17) is 5.73 Å². The van der Waals surface area contributed by atoms with Gasteiger partial charge in [-0.15, -0.1) is 0 Å². The molecule has 4 rings (SSSR count). The smallest absolute Gasteiger partial charge is 0.223 e. The number of aromatic nitrogens is 2. The zero-order valence-corrected chi connectivity index (χ0v) is 15.7. The molecule has 1 amide bonds. The summed E-state index contributed by atoms with van der Waals surface area (Å²) >= 11 is 0. The van der Waals surface area contributed by atoms with Gasteiger partial charge in [0.1, 0.15) is 5.82 Å². The molecule has 3 heterocycles. The van der Waals surface area contributed by atoms with Gasteiger partial charge in [0.05, 0.1) is 0 Å². The molecule has 0 aliphatic carbocycles. The first-order chi connectivity index (χ1) is 13.1. The van der Waals surface area contributed by atoms with Crippen molar-refractivity contribution in [2.75, 3.05) is 36.8 Å². The van der Waals surface area contributed by atoms with Crippen LogP contribution in [0.4, 0.5) is 11.8 Å². The molecule has 2 N–H and O–H groups in total. The van der Waals surface area contributed by atoms with Gasteiger partial charge in [0.25, 0.3) is 0 Å². The van der Waals surface area contributed by atoms with Gasteiger partial charge >= 0.3 is 0 Å². The van der Waals surface area contributed by atoms with E-state index < -0.39 is 0 Å². The molecule has 2 aliphatic rings. The summed E-state index contributed by atoms with van der Waals surface area (Å²) in [5.74, 6) is 1.53. The Morgan fingerprint density at radius 2 is 1.89 bits per heavy atom. The van der Waals surface area contributed by atoms with E-state index in [-0.39, 0.29) is 5.41 Å². The highest BCUT2D eigenvalue weighted by atomic mass is 16.2. The number of hydrogen-bond acceptors (Lipinski definition) is 5. The lowest BCUT2D eigenvalue weighted by Crippen LogP contribution is -2.42. The number of nitrogens with zero attached hydrogens (tertiary/aromatic N) is 4. The van der Waals surface area contributed by atoms with Crippen LogP contribution in [-0.2, 0) is 11.2 Å². The van der Waals surface area contributed by atoms with Crippen LogP contribution >= 0.6 is 0 Å². The summed E-state index contributed by atoms with van der Waals surface area (Å²) in [4.78, 5) is 25.2. The third-order valence-corrected chi connectivity index (χ3v) is 5.95. The second-order valence-electron chi connectivity index (χ2n) is 7.84. The fourth-order valence-corrected chi connectivity index (χ4v) is 4.39. The fraction of sp³-hybridized carbons (Fsp3) is 0.476. The summed E-state index contributed by atoms with van der Waals surface area (Å²) in [5.41, 5.74) is 7.19. The third kappa shape index (κ3) is 4.04. The van der Waals surface area contributed by atoms with Crippen molar-refractivity contribution in [3.63, 3.8) is 0 Å². The second-order valence-corrected chi connectivity index (χ2v) is 7.84. The Morgan fingerprint density at radius 1 is 1.11 bits per heavy atom. The van der Waals surface area contributed by atoms with Crippen molar-refractivity contribution in [3.05, 3.63) is 48.2 Å². The van der Waals surface area contributed by atoms with E-state index in [2.05, 4.69) is 44.0 Å². The summed E-state index contributed by atoms with van der Waals surface area (Å²) < 4.78 is 0. The SMILES string of the molecule is Nc1nccc(N2CCC3(CC2)CC(=O)N(CCCc2ccccc2)C3)n1. The molecule has 2 saturated heterocycles. The molecule has 27 heavy (non-hydrogen) atoms. The van der Waals surface area contributed by atoms with Crippen molar-refractivity contribution >= 4 is 17.7 Å². The monoisotopic (exact) mass is 365 g/mol. The molecule has 2 fully saturated rings. The van der Waals surface area contributed by atoms with Crippen molar-refractivity contribution in [2.24, 2.45) is 5.41 Å². The van der Waals surface area contributed by atoms with Gasteiger partial charge in [-0.25, -0.2) is 4.98 Å². The third-order valence-electron chi connectivity index (χ3n) is 5.95. The molecular weight excluding hydrogens is 338 g/mol. The zero-order chi connectivity index (χ0) is 18.7. The number of rotatable bonds is 5. The predicted octanol–water partition coefficient (Wildman–Crippen LogP) is 2.51. The number of hydrogen-bond donors (Lipinski definition) is 1. The van der Waals surface area contributed by atoms with E-state index >= 15 is 0 Å². The Morgan fingerprint density at radius 3 is 2.63 bits per heavy atom. The van der Waals surface area contributed by atoms with Crippen LogP contribution in [0.25, 0.3) is 0 Å². The van der Waals surface area contributed by atoms with Crippen LogP contribution < -0.4 is 10.6 Å². The highest BCUT2D eigenvalue weighted by molar-refractivity contribution is 5.79. The van der Waals surface area contributed by atoms with Gasteiger partial charge < -0.3 is 15.5 Å². The van der Waals surface area contributed by atoms with Gasteiger partial charge in [-0.2, -0.15) is 4.98 Å². The molecule has 0 unspecified atom stereocenters. The number of aryl methyl sites for hydroxylation is 1. The second kappa shape index (κ2) is 7.55. The lowest BCUT2D eigenvalue weighted by atomic mass is 9.77.